The fourth-order valence-electron chi connectivity index (χ4n) is 0.889. The van der Waals surface area contributed by atoms with Crippen molar-refractivity contribution < 1.29 is 9.90 Å². The third kappa shape index (κ3) is 4.65. The standard InChI is InChI=1S/C9H18O2S/c1-4-6-8(9(10)11)12-7(3)5-2/h7-8H,4-6H2,1-3H3,(H,10,11). The predicted octanol–water partition coefficient (Wildman–Crippen LogP) is 2.77. The average Bonchev–Trinajstić information content (AvgIpc) is 2.03. The number of aliphatic carboxylic acids is 1. The first-order valence-electron chi connectivity index (χ1n) is 4.50. The number of carbonyl (C=O) groups is 1. The van der Waals surface area contributed by atoms with Crippen molar-refractivity contribution >= 4 is 17.7 Å². The van der Waals surface area contributed by atoms with Crippen LogP contribution in [0.25, 0.3) is 0 Å². The van der Waals surface area contributed by atoms with E-state index in [-0.39, 0.29) is 5.25 Å². The Balaban J connectivity index is 3.86. The van der Waals surface area contributed by atoms with Gasteiger partial charge in [-0.3, -0.25) is 4.79 Å². The molecule has 0 aromatic heterocycles. The van der Waals surface area contributed by atoms with Crippen molar-refractivity contribution in [1.29, 1.82) is 0 Å². The molecule has 0 aliphatic rings. The first-order chi connectivity index (χ1) is 5.61. The Morgan fingerprint density at radius 2 is 2.08 bits per heavy atom. The minimum Gasteiger partial charge on any atom is -0.480 e. The Morgan fingerprint density at radius 1 is 1.50 bits per heavy atom. The van der Waals surface area contributed by atoms with Gasteiger partial charge in [-0.15, -0.1) is 11.8 Å². The number of hydrogen-bond donors (Lipinski definition) is 1. The molecule has 0 fully saturated rings. The summed E-state index contributed by atoms with van der Waals surface area (Å²) < 4.78 is 0. The van der Waals surface area contributed by atoms with Gasteiger partial charge in [0.25, 0.3) is 0 Å². The zero-order valence-electron chi connectivity index (χ0n) is 8.04. The van der Waals surface area contributed by atoms with Crippen LogP contribution in [0.4, 0.5) is 0 Å². The second-order valence-corrected chi connectivity index (χ2v) is 4.62. The van der Waals surface area contributed by atoms with Crippen molar-refractivity contribution in [3.05, 3.63) is 0 Å². The van der Waals surface area contributed by atoms with Gasteiger partial charge in [-0.05, 0) is 12.8 Å². The maximum Gasteiger partial charge on any atom is 0.316 e. The molecule has 0 bridgehead atoms. The summed E-state index contributed by atoms with van der Waals surface area (Å²) >= 11 is 1.58. The molecule has 2 atom stereocenters. The number of carboxylic acid groups (broad SMARTS) is 1. The van der Waals surface area contributed by atoms with E-state index in [1.807, 2.05) is 6.92 Å². The van der Waals surface area contributed by atoms with Crippen molar-refractivity contribution in [3.8, 4) is 0 Å². The molecular weight excluding hydrogens is 172 g/mol. The third-order valence-electron chi connectivity index (χ3n) is 1.80. The lowest BCUT2D eigenvalue weighted by molar-refractivity contribution is -0.136. The monoisotopic (exact) mass is 190 g/mol. The highest BCUT2D eigenvalue weighted by molar-refractivity contribution is 8.01. The molecule has 0 aliphatic heterocycles. The van der Waals surface area contributed by atoms with Gasteiger partial charge in [0.05, 0.1) is 0 Å². The molecule has 0 rings (SSSR count). The summed E-state index contributed by atoms with van der Waals surface area (Å²) in [6, 6.07) is 0. The lowest BCUT2D eigenvalue weighted by Crippen LogP contribution is -2.18. The summed E-state index contributed by atoms with van der Waals surface area (Å²) in [6.07, 6.45) is 2.77. The largest absolute Gasteiger partial charge is 0.480 e. The van der Waals surface area contributed by atoms with Crippen LogP contribution in [-0.2, 0) is 4.79 Å². The van der Waals surface area contributed by atoms with Crippen molar-refractivity contribution in [3.63, 3.8) is 0 Å². The molecule has 0 spiro atoms. The molecule has 2 unspecified atom stereocenters. The van der Waals surface area contributed by atoms with E-state index in [1.165, 1.54) is 0 Å². The average molecular weight is 190 g/mol. The minimum atomic E-state index is -0.665. The van der Waals surface area contributed by atoms with Gasteiger partial charge in [0.15, 0.2) is 0 Å². The topological polar surface area (TPSA) is 37.3 Å². The molecule has 0 aromatic rings. The van der Waals surface area contributed by atoms with Crippen LogP contribution in [0.5, 0.6) is 0 Å². The first kappa shape index (κ1) is 11.8. The molecule has 0 saturated heterocycles. The summed E-state index contributed by atoms with van der Waals surface area (Å²) in [7, 11) is 0. The maximum absolute atomic E-state index is 10.7. The van der Waals surface area contributed by atoms with E-state index < -0.39 is 5.97 Å². The van der Waals surface area contributed by atoms with E-state index in [0.29, 0.717) is 5.25 Å². The van der Waals surface area contributed by atoms with Gasteiger partial charge in [-0.25, -0.2) is 0 Å². The van der Waals surface area contributed by atoms with Crippen LogP contribution < -0.4 is 0 Å². The van der Waals surface area contributed by atoms with Crippen LogP contribution >= 0.6 is 11.8 Å². The Bertz CT molecular complexity index is 136. The second-order valence-electron chi connectivity index (χ2n) is 2.97. The molecule has 0 saturated carbocycles. The SMILES string of the molecule is CCCC(SC(C)CC)C(=O)O. The van der Waals surface area contributed by atoms with Crippen molar-refractivity contribution in [2.45, 2.75) is 50.5 Å². The lowest BCUT2D eigenvalue weighted by Gasteiger charge is -2.14. The molecule has 0 radical (unpaired) electrons. The van der Waals surface area contributed by atoms with E-state index >= 15 is 0 Å². The third-order valence-corrected chi connectivity index (χ3v) is 3.36. The number of carboxylic acids is 1. The fraction of sp³-hybridized carbons (Fsp3) is 0.889. The van der Waals surface area contributed by atoms with Crippen molar-refractivity contribution in [2.75, 3.05) is 0 Å². The number of rotatable bonds is 6. The first-order valence-corrected chi connectivity index (χ1v) is 5.44. The molecule has 2 nitrogen and oxygen atoms in total. The lowest BCUT2D eigenvalue weighted by atomic mass is 10.2. The Morgan fingerprint density at radius 3 is 2.42 bits per heavy atom. The minimum absolute atomic E-state index is 0.204. The van der Waals surface area contributed by atoms with E-state index in [2.05, 4.69) is 13.8 Å². The molecule has 1 N–H and O–H groups in total. The zero-order chi connectivity index (χ0) is 9.56. The van der Waals surface area contributed by atoms with Gasteiger partial charge < -0.3 is 5.11 Å². The van der Waals surface area contributed by atoms with Gasteiger partial charge in [0.1, 0.15) is 5.25 Å². The quantitative estimate of drug-likeness (QED) is 0.699. The number of hydrogen-bond acceptors (Lipinski definition) is 2. The van der Waals surface area contributed by atoms with E-state index in [9.17, 15) is 4.79 Å². The van der Waals surface area contributed by atoms with E-state index in [0.717, 1.165) is 19.3 Å². The highest BCUT2D eigenvalue weighted by Gasteiger charge is 2.18. The zero-order valence-corrected chi connectivity index (χ0v) is 8.86. The van der Waals surface area contributed by atoms with Crippen LogP contribution in [0, 0.1) is 0 Å². The number of thioether (sulfide) groups is 1. The van der Waals surface area contributed by atoms with Crippen molar-refractivity contribution in [2.24, 2.45) is 0 Å². The molecule has 72 valence electrons. The van der Waals surface area contributed by atoms with Crippen LogP contribution in [0.15, 0.2) is 0 Å². The molecule has 0 aliphatic carbocycles. The second kappa shape index (κ2) is 6.35. The highest BCUT2D eigenvalue weighted by Crippen LogP contribution is 2.23. The van der Waals surface area contributed by atoms with Gasteiger partial charge >= 0.3 is 5.97 Å². The van der Waals surface area contributed by atoms with Gasteiger partial charge in [0.2, 0.25) is 0 Å². The van der Waals surface area contributed by atoms with Crippen LogP contribution in [0.2, 0.25) is 0 Å². The normalized spacial score (nSPS) is 15.6. The summed E-state index contributed by atoms with van der Waals surface area (Å²) in [6.45, 7) is 6.19. The van der Waals surface area contributed by atoms with E-state index in [4.69, 9.17) is 5.11 Å². The summed E-state index contributed by atoms with van der Waals surface area (Å²) in [4.78, 5) is 10.7. The highest BCUT2D eigenvalue weighted by atomic mass is 32.2. The Labute approximate surface area is 78.7 Å². The smallest absolute Gasteiger partial charge is 0.316 e. The maximum atomic E-state index is 10.7. The molecule has 0 aromatic carbocycles. The Hall–Kier alpha value is -0.180. The van der Waals surface area contributed by atoms with E-state index in [1.54, 1.807) is 11.8 Å². The Kier molecular flexibility index (Phi) is 6.25. The molecule has 12 heavy (non-hydrogen) atoms. The van der Waals surface area contributed by atoms with Crippen LogP contribution in [0.3, 0.4) is 0 Å². The van der Waals surface area contributed by atoms with Gasteiger partial charge in [-0.2, -0.15) is 0 Å². The van der Waals surface area contributed by atoms with Gasteiger partial charge in [-0.1, -0.05) is 27.2 Å². The van der Waals surface area contributed by atoms with Crippen LogP contribution in [-0.4, -0.2) is 21.6 Å². The molecular formula is C9H18O2S. The van der Waals surface area contributed by atoms with Gasteiger partial charge in [0, 0.05) is 5.25 Å². The molecule has 0 heterocycles. The van der Waals surface area contributed by atoms with Crippen molar-refractivity contribution in [1.82, 2.24) is 0 Å². The predicted molar refractivity (Wildman–Crippen MR) is 53.7 cm³/mol. The summed E-state index contributed by atoms with van der Waals surface area (Å²) in [5.41, 5.74) is 0. The summed E-state index contributed by atoms with van der Waals surface area (Å²) in [5.74, 6) is -0.665. The molecule has 3 heteroatoms. The van der Waals surface area contributed by atoms with Crippen LogP contribution in [0.1, 0.15) is 40.0 Å². The molecule has 0 amide bonds. The fourth-order valence-corrected chi connectivity index (χ4v) is 2.13. The summed E-state index contributed by atoms with van der Waals surface area (Å²) in [5, 5.41) is 9.08.